The molecule has 0 N–H and O–H groups in total. The van der Waals surface area contributed by atoms with Crippen molar-refractivity contribution >= 4 is 21.7 Å². The average Bonchev–Trinajstić information content (AvgIpc) is 2.29. The topological polar surface area (TPSA) is 17.1 Å². The second-order valence-electron chi connectivity index (χ2n) is 4.95. The standard InChI is InChI=1S/C14H16BrFO/c1-9-2-4-10(5-3-9)14(17)12-7-6-11(15)8-13(12)16/h6-10H,2-5H2,1H3. The first-order valence-electron chi connectivity index (χ1n) is 6.07. The van der Waals surface area contributed by atoms with Gasteiger partial charge in [-0.25, -0.2) is 4.39 Å². The molecule has 2 rings (SSSR count). The zero-order chi connectivity index (χ0) is 12.4. The molecule has 1 fully saturated rings. The van der Waals surface area contributed by atoms with Gasteiger partial charge in [0.15, 0.2) is 5.78 Å². The van der Waals surface area contributed by atoms with Crippen LogP contribution in [0.25, 0.3) is 0 Å². The first kappa shape index (κ1) is 12.7. The second-order valence-corrected chi connectivity index (χ2v) is 5.86. The Bertz CT molecular complexity index is 422. The van der Waals surface area contributed by atoms with Gasteiger partial charge in [-0.05, 0) is 37.0 Å². The van der Waals surface area contributed by atoms with Crippen molar-refractivity contribution < 1.29 is 9.18 Å². The van der Waals surface area contributed by atoms with E-state index >= 15 is 0 Å². The van der Waals surface area contributed by atoms with Crippen molar-refractivity contribution in [1.82, 2.24) is 0 Å². The number of ketones is 1. The van der Waals surface area contributed by atoms with E-state index in [1.54, 1.807) is 12.1 Å². The van der Waals surface area contributed by atoms with E-state index in [1.807, 2.05) is 0 Å². The third kappa shape index (κ3) is 2.95. The van der Waals surface area contributed by atoms with Crippen molar-refractivity contribution in [2.45, 2.75) is 32.6 Å². The molecule has 0 amide bonds. The lowest BCUT2D eigenvalue weighted by molar-refractivity contribution is 0.0871. The van der Waals surface area contributed by atoms with Gasteiger partial charge in [-0.1, -0.05) is 35.7 Å². The molecule has 1 nitrogen and oxygen atoms in total. The highest BCUT2D eigenvalue weighted by atomic mass is 79.9. The van der Waals surface area contributed by atoms with Crippen LogP contribution in [0.4, 0.5) is 4.39 Å². The van der Waals surface area contributed by atoms with Crippen molar-refractivity contribution in [2.75, 3.05) is 0 Å². The Kier molecular flexibility index (Phi) is 3.97. The summed E-state index contributed by atoms with van der Waals surface area (Å²) in [6.45, 7) is 2.21. The van der Waals surface area contributed by atoms with Crippen LogP contribution in [0.3, 0.4) is 0 Å². The lowest BCUT2D eigenvalue weighted by Gasteiger charge is -2.25. The first-order valence-corrected chi connectivity index (χ1v) is 6.86. The van der Waals surface area contributed by atoms with E-state index in [0.717, 1.165) is 25.7 Å². The van der Waals surface area contributed by atoms with E-state index in [4.69, 9.17) is 0 Å². The summed E-state index contributed by atoms with van der Waals surface area (Å²) in [5, 5.41) is 0. The molecule has 0 saturated heterocycles. The molecule has 0 atom stereocenters. The highest BCUT2D eigenvalue weighted by molar-refractivity contribution is 9.10. The van der Waals surface area contributed by atoms with Gasteiger partial charge in [-0.15, -0.1) is 0 Å². The highest BCUT2D eigenvalue weighted by Gasteiger charge is 2.26. The molecule has 0 radical (unpaired) electrons. The number of benzene rings is 1. The third-order valence-electron chi connectivity index (χ3n) is 3.58. The smallest absolute Gasteiger partial charge is 0.168 e. The molecular formula is C14H16BrFO. The molecule has 1 saturated carbocycles. The van der Waals surface area contributed by atoms with Crippen molar-refractivity contribution in [3.63, 3.8) is 0 Å². The highest BCUT2D eigenvalue weighted by Crippen LogP contribution is 2.31. The quantitative estimate of drug-likeness (QED) is 0.730. The van der Waals surface area contributed by atoms with Crippen LogP contribution < -0.4 is 0 Å². The predicted octanol–water partition coefficient (Wildman–Crippen LogP) is 4.60. The summed E-state index contributed by atoms with van der Waals surface area (Å²) < 4.78 is 14.4. The first-order chi connectivity index (χ1) is 8.08. The number of Topliss-reactive ketones (excluding diaryl/α,β-unsaturated/α-hetero) is 1. The zero-order valence-electron chi connectivity index (χ0n) is 9.88. The van der Waals surface area contributed by atoms with Crippen LogP contribution in [0.15, 0.2) is 22.7 Å². The minimum Gasteiger partial charge on any atom is -0.294 e. The van der Waals surface area contributed by atoms with Crippen LogP contribution in [0, 0.1) is 17.7 Å². The molecule has 92 valence electrons. The molecule has 0 unspecified atom stereocenters. The van der Waals surface area contributed by atoms with E-state index in [2.05, 4.69) is 22.9 Å². The van der Waals surface area contributed by atoms with Crippen LogP contribution in [-0.2, 0) is 0 Å². The van der Waals surface area contributed by atoms with Crippen LogP contribution in [0.2, 0.25) is 0 Å². The van der Waals surface area contributed by atoms with Crippen molar-refractivity contribution in [1.29, 1.82) is 0 Å². The van der Waals surface area contributed by atoms with Gasteiger partial charge in [-0.3, -0.25) is 4.79 Å². The summed E-state index contributed by atoms with van der Waals surface area (Å²) in [6.07, 6.45) is 3.95. The second kappa shape index (κ2) is 5.30. The third-order valence-corrected chi connectivity index (χ3v) is 4.08. The minimum absolute atomic E-state index is 0.0156. The maximum absolute atomic E-state index is 13.7. The van der Waals surface area contributed by atoms with Gasteiger partial charge in [0.1, 0.15) is 5.82 Å². The largest absolute Gasteiger partial charge is 0.294 e. The van der Waals surface area contributed by atoms with Gasteiger partial charge in [-0.2, -0.15) is 0 Å². The van der Waals surface area contributed by atoms with E-state index in [-0.39, 0.29) is 17.3 Å². The number of rotatable bonds is 2. The lowest BCUT2D eigenvalue weighted by atomic mass is 9.79. The maximum atomic E-state index is 13.7. The fourth-order valence-corrected chi connectivity index (χ4v) is 2.76. The summed E-state index contributed by atoms with van der Waals surface area (Å²) >= 11 is 3.20. The molecule has 1 aromatic rings. The minimum atomic E-state index is -0.414. The molecule has 0 bridgehead atoms. The van der Waals surface area contributed by atoms with Gasteiger partial charge >= 0.3 is 0 Å². The summed E-state index contributed by atoms with van der Waals surface area (Å²) in [7, 11) is 0. The summed E-state index contributed by atoms with van der Waals surface area (Å²) in [5.74, 6) is 0.278. The SMILES string of the molecule is CC1CCC(C(=O)c2ccc(Br)cc2F)CC1. The molecule has 0 heterocycles. The molecule has 0 spiro atoms. The van der Waals surface area contributed by atoms with E-state index in [1.165, 1.54) is 6.07 Å². The number of hydrogen-bond acceptors (Lipinski definition) is 1. The number of hydrogen-bond donors (Lipinski definition) is 0. The molecule has 1 aromatic carbocycles. The van der Waals surface area contributed by atoms with Crippen molar-refractivity contribution in [3.8, 4) is 0 Å². The van der Waals surface area contributed by atoms with Gasteiger partial charge in [0.25, 0.3) is 0 Å². The summed E-state index contributed by atoms with van der Waals surface area (Å²) in [5.41, 5.74) is 0.243. The maximum Gasteiger partial charge on any atom is 0.168 e. The predicted molar refractivity (Wildman–Crippen MR) is 69.6 cm³/mol. The molecule has 17 heavy (non-hydrogen) atoms. The Morgan fingerprint density at radius 3 is 2.53 bits per heavy atom. The van der Waals surface area contributed by atoms with E-state index < -0.39 is 5.82 Å². The Morgan fingerprint density at radius 1 is 1.29 bits per heavy atom. The molecule has 0 aromatic heterocycles. The lowest BCUT2D eigenvalue weighted by Crippen LogP contribution is -2.21. The van der Waals surface area contributed by atoms with Crippen LogP contribution >= 0.6 is 15.9 Å². The van der Waals surface area contributed by atoms with Crippen molar-refractivity contribution in [3.05, 3.63) is 34.1 Å². The van der Waals surface area contributed by atoms with Gasteiger partial charge in [0.2, 0.25) is 0 Å². The number of carbonyl (C=O) groups excluding carboxylic acids is 1. The average molecular weight is 299 g/mol. The fourth-order valence-electron chi connectivity index (χ4n) is 2.43. The van der Waals surface area contributed by atoms with Gasteiger partial charge in [0.05, 0.1) is 5.56 Å². The zero-order valence-corrected chi connectivity index (χ0v) is 11.5. The molecule has 3 heteroatoms. The van der Waals surface area contributed by atoms with Gasteiger partial charge in [0, 0.05) is 10.4 Å². The Hall–Kier alpha value is -0.700. The normalized spacial score (nSPS) is 24.6. The fraction of sp³-hybridized carbons (Fsp3) is 0.500. The summed E-state index contributed by atoms with van der Waals surface area (Å²) in [4.78, 5) is 12.2. The van der Waals surface area contributed by atoms with Crippen LogP contribution in [0.5, 0.6) is 0 Å². The van der Waals surface area contributed by atoms with E-state index in [9.17, 15) is 9.18 Å². The Balaban J connectivity index is 2.14. The van der Waals surface area contributed by atoms with E-state index in [0.29, 0.717) is 10.4 Å². The number of halogens is 2. The van der Waals surface area contributed by atoms with Crippen LogP contribution in [-0.4, -0.2) is 5.78 Å². The molecule has 0 aliphatic heterocycles. The van der Waals surface area contributed by atoms with Crippen molar-refractivity contribution in [2.24, 2.45) is 11.8 Å². The molecule has 1 aliphatic rings. The monoisotopic (exact) mass is 298 g/mol. The van der Waals surface area contributed by atoms with Gasteiger partial charge < -0.3 is 0 Å². The number of carbonyl (C=O) groups is 1. The molecule has 1 aliphatic carbocycles. The summed E-state index contributed by atoms with van der Waals surface area (Å²) in [6, 6.07) is 4.67. The Labute approximate surface area is 110 Å². The Morgan fingerprint density at radius 2 is 1.94 bits per heavy atom. The molecular weight excluding hydrogens is 283 g/mol. The van der Waals surface area contributed by atoms with Crippen LogP contribution in [0.1, 0.15) is 43.0 Å².